The molecule has 3 N–H and O–H groups in total. The van der Waals surface area contributed by atoms with Crippen molar-refractivity contribution >= 4 is 17.5 Å². The first-order chi connectivity index (χ1) is 10.1. The molecule has 1 rings (SSSR count). The molecule has 1 aromatic carbocycles. The van der Waals surface area contributed by atoms with Crippen LogP contribution in [-0.4, -0.2) is 38.7 Å². The Morgan fingerprint density at radius 3 is 2.48 bits per heavy atom. The lowest BCUT2D eigenvalue weighted by Crippen LogP contribution is -2.44. The fraction of sp³-hybridized carbons (Fsp3) is 0.429. The van der Waals surface area contributed by atoms with Gasteiger partial charge in [-0.2, -0.15) is 0 Å². The average molecular weight is 295 g/mol. The lowest BCUT2D eigenvalue weighted by molar-refractivity contribution is -0.129. The second kappa shape index (κ2) is 8.80. The van der Waals surface area contributed by atoms with E-state index in [1.165, 1.54) is 7.11 Å². The summed E-state index contributed by atoms with van der Waals surface area (Å²) in [6, 6.07) is 7.25. The molecule has 0 aliphatic rings. The molecule has 0 fully saturated rings. The minimum atomic E-state index is -0.362. The van der Waals surface area contributed by atoms with Crippen molar-refractivity contribution < 1.29 is 19.1 Å². The number of benzene rings is 1. The summed E-state index contributed by atoms with van der Waals surface area (Å²) < 4.78 is 10.1. The van der Waals surface area contributed by atoms with Crippen LogP contribution in [0.1, 0.15) is 13.3 Å². The number of carbonyl (C=O) groups is 2. The molecule has 0 bridgehead atoms. The zero-order chi connectivity index (χ0) is 15.7. The molecule has 0 aromatic heterocycles. The van der Waals surface area contributed by atoms with Gasteiger partial charge in [-0.1, -0.05) is 12.1 Å². The Balaban J connectivity index is 2.33. The SMILES string of the molecule is COc1ccccc1NCC(=O)NNC(=O)CC(C)OC. The quantitative estimate of drug-likeness (QED) is 0.644. The number of carbonyl (C=O) groups excluding carboxylic acids is 2. The van der Waals surface area contributed by atoms with Crippen molar-refractivity contribution in [3.8, 4) is 5.75 Å². The molecule has 0 saturated carbocycles. The van der Waals surface area contributed by atoms with Crippen LogP contribution >= 0.6 is 0 Å². The van der Waals surface area contributed by atoms with Crippen molar-refractivity contribution in [3.63, 3.8) is 0 Å². The van der Waals surface area contributed by atoms with E-state index in [1.54, 1.807) is 26.2 Å². The summed E-state index contributed by atoms with van der Waals surface area (Å²) >= 11 is 0. The molecule has 0 aliphatic heterocycles. The molecule has 0 aliphatic carbocycles. The number of hydrazine groups is 1. The second-order valence-electron chi connectivity index (χ2n) is 4.40. The molecule has 1 unspecified atom stereocenters. The molecule has 0 heterocycles. The van der Waals surface area contributed by atoms with Crippen molar-refractivity contribution in [2.45, 2.75) is 19.4 Å². The minimum absolute atomic E-state index is 0.0144. The predicted octanol–water partition coefficient (Wildman–Crippen LogP) is 0.679. The van der Waals surface area contributed by atoms with Crippen molar-refractivity contribution in [2.75, 3.05) is 26.1 Å². The van der Waals surface area contributed by atoms with Gasteiger partial charge >= 0.3 is 0 Å². The number of amides is 2. The first kappa shape index (κ1) is 16.8. The summed E-state index contributed by atoms with van der Waals surface area (Å²) in [5.41, 5.74) is 5.35. The molecule has 1 aromatic rings. The van der Waals surface area contributed by atoms with Gasteiger partial charge in [0, 0.05) is 7.11 Å². The van der Waals surface area contributed by atoms with Gasteiger partial charge in [0.15, 0.2) is 0 Å². The Morgan fingerprint density at radius 2 is 1.81 bits per heavy atom. The maximum atomic E-state index is 11.6. The van der Waals surface area contributed by atoms with Gasteiger partial charge in [-0.05, 0) is 19.1 Å². The molecular weight excluding hydrogens is 274 g/mol. The Hall–Kier alpha value is -2.28. The molecule has 2 amide bonds. The number of ether oxygens (including phenoxy) is 2. The molecule has 0 saturated heterocycles. The Bertz CT molecular complexity index is 479. The van der Waals surface area contributed by atoms with E-state index >= 15 is 0 Å². The fourth-order valence-corrected chi connectivity index (χ4v) is 1.55. The molecule has 21 heavy (non-hydrogen) atoms. The molecule has 0 radical (unpaired) electrons. The highest BCUT2D eigenvalue weighted by atomic mass is 16.5. The van der Waals surface area contributed by atoms with Crippen LogP contribution in [0.15, 0.2) is 24.3 Å². The third kappa shape index (κ3) is 6.13. The second-order valence-corrected chi connectivity index (χ2v) is 4.40. The number of rotatable bonds is 7. The lowest BCUT2D eigenvalue weighted by atomic mass is 10.3. The van der Waals surface area contributed by atoms with Crippen LogP contribution in [0.2, 0.25) is 0 Å². The molecule has 0 spiro atoms. The van der Waals surface area contributed by atoms with E-state index in [9.17, 15) is 9.59 Å². The van der Waals surface area contributed by atoms with Crippen molar-refractivity contribution in [3.05, 3.63) is 24.3 Å². The highest BCUT2D eigenvalue weighted by Crippen LogP contribution is 2.22. The number of hydrogen-bond donors (Lipinski definition) is 3. The first-order valence-corrected chi connectivity index (χ1v) is 6.54. The standard InChI is InChI=1S/C14H21N3O4/c1-10(20-2)8-13(18)16-17-14(19)9-15-11-6-4-5-7-12(11)21-3/h4-7,10,15H,8-9H2,1-3H3,(H,16,18)(H,17,19). The third-order valence-electron chi connectivity index (χ3n) is 2.76. The smallest absolute Gasteiger partial charge is 0.257 e. The van der Waals surface area contributed by atoms with Crippen molar-refractivity contribution in [1.82, 2.24) is 10.9 Å². The van der Waals surface area contributed by atoms with Crippen molar-refractivity contribution in [2.24, 2.45) is 0 Å². The third-order valence-corrected chi connectivity index (χ3v) is 2.76. The molecular formula is C14H21N3O4. The minimum Gasteiger partial charge on any atom is -0.495 e. The average Bonchev–Trinajstić information content (AvgIpc) is 2.50. The molecule has 7 heteroatoms. The Kier molecular flexibility index (Phi) is 7.03. The van der Waals surface area contributed by atoms with E-state index in [-0.39, 0.29) is 30.9 Å². The van der Waals surface area contributed by atoms with E-state index in [0.717, 1.165) is 0 Å². The summed E-state index contributed by atoms with van der Waals surface area (Å²) in [6.45, 7) is 1.78. The van der Waals surface area contributed by atoms with Crippen LogP contribution < -0.4 is 20.9 Å². The normalized spacial score (nSPS) is 11.4. The first-order valence-electron chi connectivity index (χ1n) is 6.54. The topological polar surface area (TPSA) is 88.7 Å². The van der Waals surface area contributed by atoms with E-state index in [1.807, 2.05) is 12.1 Å². The van der Waals surface area contributed by atoms with Crippen LogP contribution in [-0.2, 0) is 14.3 Å². The van der Waals surface area contributed by atoms with Crippen LogP contribution in [0, 0.1) is 0 Å². The van der Waals surface area contributed by atoms with Crippen molar-refractivity contribution in [1.29, 1.82) is 0 Å². The fourth-order valence-electron chi connectivity index (χ4n) is 1.55. The molecule has 116 valence electrons. The van der Waals surface area contributed by atoms with Crippen LogP contribution in [0.4, 0.5) is 5.69 Å². The van der Waals surface area contributed by atoms with Gasteiger partial charge in [0.25, 0.3) is 5.91 Å². The van der Waals surface area contributed by atoms with E-state index in [0.29, 0.717) is 11.4 Å². The molecule has 7 nitrogen and oxygen atoms in total. The summed E-state index contributed by atoms with van der Waals surface area (Å²) in [5, 5.41) is 2.93. The van der Waals surface area contributed by atoms with Gasteiger partial charge in [-0.3, -0.25) is 20.4 Å². The predicted molar refractivity (Wildman–Crippen MR) is 78.9 cm³/mol. The summed E-state index contributed by atoms with van der Waals surface area (Å²) in [6.07, 6.45) is -0.0231. The van der Waals surface area contributed by atoms with Gasteiger partial charge in [0.1, 0.15) is 5.75 Å². The van der Waals surface area contributed by atoms with E-state index in [4.69, 9.17) is 9.47 Å². The largest absolute Gasteiger partial charge is 0.495 e. The Morgan fingerprint density at radius 1 is 1.14 bits per heavy atom. The highest BCUT2D eigenvalue weighted by Gasteiger charge is 2.09. The van der Waals surface area contributed by atoms with Gasteiger partial charge < -0.3 is 14.8 Å². The van der Waals surface area contributed by atoms with E-state index in [2.05, 4.69) is 16.2 Å². The number of nitrogens with one attached hydrogen (secondary N) is 3. The van der Waals surface area contributed by atoms with Crippen LogP contribution in [0.3, 0.4) is 0 Å². The highest BCUT2D eigenvalue weighted by molar-refractivity contribution is 5.84. The van der Waals surface area contributed by atoms with E-state index < -0.39 is 0 Å². The summed E-state index contributed by atoms with van der Waals surface area (Å²) in [7, 11) is 3.07. The maximum absolute atomic E-state index is 11.6. The van der Waals surface area contributed by atoms with Gasteiger partial charge in [0.2, 0.25) is 5.91 Å². The van der Waals surface area contributed by atoms with Gasteiger partial charge in [-0.25, -0.2) is 0 Å². The number of anilines is 1. The van der Waals surface area contributed by atoms with Gasteiger partial charge in [0.05, 0.1) is 31.9 Å². The number of para-hydroxylation sites is 2. The Labute approximate surface area is 124 Å². The lowest BCUT2D eigenvalue weighted by Gasteiger charge is -2.12. The monoisotopic (exact) mass is 295 g/mol. The zero-order valence-corrected chi connectivity index (χ0v) is 12.4. The number of methoxy groups -OCH3 is 2. The maximum Gasteiger partial charge on any atom is 0.257 e. The van der Waals surface area contributed by atoms with Gasteiger partial charge in [-0.15, -0.1) is 0 Å². The summed E-state index contributed by atoms with van der Waals surface area (Å²) in [4.78, 5) is 23.1. The number of hydrogen-bond acceptors (Lipinski definition) is 5. The summed E-state index contributed by atoms with van der Waals surface area (Å²) in [5.74, 6) is -0.0300. The molecule has 1 atom stereocenters. The van der Waals surface area contributed by atoms with Crippen LogP contribution in [0.25, 0.3) is 0 Å². The zero-order valence-electron chi connectivity index (χ0n) is 12.4. The van der Waals surface area contributed by atoms with Crippen LogP contribution in [0.5, 0.6) is 5.75 Å².